The first-order chi connectivity index (χ1) is 10.2. The molecule has 0 bridgehead atoms. The second-order valence-electron chi connectivity index (χ2n) is 4.72. The summed E-state index contributed by atoms with van der Waals surface area (Å²) in [6, 6.07) is 14.0. The maximum Gasteiger partial charge on any atom is 0.123 e. The van der Waals surface area contributed by atoms with Crippen molar-refractivity contribution in [2.45, 2.75) is 19.1 Å². The SMILES string of the molecule is CCOC(c1ccccc1)C(NC)c1cc(F)ccc1Cl. The lowest BCUT2D eigenvalue weighted by molar-refractivity contribution is 0.0347. The summed E-state index contributed by atoms with van der Waals surface area (Å²) in [5.41, 5.74) is 1.72. The molecule has 112 valence electrons. The molecule has 2 nitrogen and oxygen atoms in total. The number of benzene rings is 2. The Morgan fingerprint density at radius 3 is 2.52 bits per heavy atom. The molecule has 0 spiro atoms. The summed E-state index contributed by atoms with van der Waals surface area (Å²) < 4.78 is 19.5. The van der Waals surface area contributed by atoms with Crippen molar-refractivity contribution >= 4 is 11.6 Å². The predicted octanol–water partition coefficient (Wildman–Crippen LogP) is 4.52. The molecule has 0 saturated heterocycles. The number of likely N-dealkylation sites (N-methyl/N-ethyl adjacent to an activating group) is 1. The Hall–Kier alpha value is -1.42. The van der Waals surface area contributed by atoms with Gasteiger partial charge in [-0.1, -0.05) is 41.9 Å². The van der Waals surface area contributed by atoms with Crippen LogP contribution in [0.1, 0.15) is 30.2 Å². The molecule has 0 aromatic heterocycles. The zero-order valence-electron chi connectivity index (χ0n) is 12.1. The molecule has 4 heteroatoms. The van der Waals surface area contributed by atoms with Crippen LogP contribution >= 0.6 is 11.6 Å². The first-order valence-electron chi connectivity index (χ1n) is 6.96. The molecule has 0 aliphatic heterocycles. The highest BCUT2D eigenvalue weighted by molar-refractivity contribution is 6.31. The van der Waals surface area contributed by atoms with Crippen LogP contribution in [0.25, 0.3) is 0 Å². The Labute approximate surface area is 129 Å². The van der Waals surface area contributed by atoms with Crippen molar-refractivity contribution in [3.8, 4) is 0 Å². The van der Waals surface area contributed by atoms with Gasteiger partial charge >= 0.3 is 0 Å². The van der Waals surface area contributed by atoms with Gasteiger partial charge in [-0.15, -0.1) is 0 Å². The zero-order valence-corrected chi connectivity index (χ0v) is 12.9. The molecule has 1 N–H and O–H groups in total. The molecule has 2 unspecified atom stereocenters. The molecular weight excluding hydrogens is 289 g/mol. The molecule has 2 atom stereocenters. The monoisotopic (exact) mass is 307 g/mol. The quantitative estimate of drug-likeness (QED) is 0.847. The van der Waals surface area contributed by atoms with Crippen LogP contribution in [-0.4, -0.2) is 13.7 Å². The first kappa shape index (κ1) is 16.0. The van der Waals surface area contributed by atoms with E-state index in [0.29, 0.717) is 17.2 Å². The second-order valence-corrected chi connectivity index (χ2v) is 5.13. The van der Waals surface area contributed by atoms with Gasteiger partial charge in [-0.2, -0.15) is 0 Å². The van der Waals surface area contributed by atoms with E-state index in [9.17, 15) is 4.39 Å². The summed E-state index contributed by atoms with van der Waals surface area (Å²) in [5, 5.41) is 3.72. The standard InChI is InChI=1S/C17H19ClFNO/c1-3-21-17(12-7-5-4-6-8-12)16(20-2)14-11-13(19)9-10-15(14)18/h4-11,16-17,20H,3H2,1-2H3. The van der Waals surface area contributed by atoms with E-state index in [1.54, 1.807) is 6.07 Å². The fourth-order valence-electron chi connectivity index (χ4n) is 2.43. The molecule has 0 heterocycles. The highest BCUT2D eigenvalue weighted by atomic mass is 35.5. The van der Waals surface area contributed by atoms with Gasteiger partial charge in [0.2, 0.25) is 0 Å². The molecule has 0 amide bonds. The van der Waals surface area contributed by atoms with Gasteiger partial charge in [0, 0.05) is 11.6 Å². The van der Waals surface area contributed by atoms with E-state index in [0.717, 1.165) is 5.56 Å². The Balaban J connectivity index is 2.43. The van der Waals surface area contributed by atoms with Crippen LogP contribution in [0.3, 0.4) is 0 Å². The molecule has 0 radical (unpaired) electrons. The largest absolute Gasteiger partial charge is 0.372 e. The molecule has 2 aromatic rings. The van der Waals surface area contributed by atoms with E-state index in [1.165, 1.54) is 12.1 Å². The van der Waals surface area contributed by atoms with Crippen molar-refractivity contribution in [3.63, 3.8) is 0 Å². The summed E-state index contributed by atoms with van der Waals surface area (Å²) in [6.07, 6.45) is -0.236. The fraction of sp³-hybridized carbons (Fsp3) is 0.294. The molecule has 2 rings (SSSR count). The summed E-state index contributed by atoms with van der Waals surface area (Å²) >= 11 is 6.24. The van der Waals surface area contributed by atoms with Crippen molar-refractivity contribution in [2.75, 3.05) is 13.7 Å². The van der Waals surface area contributed by atoms with Crippen LogP contribution in [0.5, 0.6) is 0 Å². The maximum absolute atomic E-state index is 13.6. The van der Waals surface area contributed by atoms with Gasteiger partial charge in [0.25, 0.3) is 0 Å². The Bertz CT molecular complexity index is 576. The van der Waals surface area contributed by atoms with Crippen molar-refractivity contribution in [3.05, 3.63) is 70.5 Å². The number of halogens is 2. The van der Waals surface area contributed by atoms with Gasteiger partial charge in [-0.05, 0) is 43.3 Å². The summed E-state index contributed by atoms with van der Waals surface area (Å²) in [6.45, 7) is 2.50. The summed E-state index contributed by atoms with van der Waals surface area (Å²) in [7, 11) is 1.82. The Morgan fingerprint density at radius 2 is 1.90 bits per heavy atom. The van der Waals surface area contributed by atoms with Gasteiger partial charge in [0.1, 0.15) is 11.9 Å². The molecular formula is C17H19ClFNO. The zero-order chi connectivity index (χ0) is 15.2. The predicted molar refractivity (Wildman–Crippen MR) is 84.0 cm³/mol. The summed E-state index contributed by atoms with van der Waals surface area (Å²) in [4.78, 5) is 0. The van der Waals surface area contributed by atoms with Crippen LogP contribution in [-0.2, 0) is 4.74 Å². The van der Waals surface area contributed by atoms with E-state index < -0.39 is 0 Å². The fourth-order valence-corrected chi connectivity index (χ4v) is 2.67. The number of rotatable bonds is 6. The number of ether oxygens (including phenoxy) is 1. The van der Waals surface area contributed by atoms with Crippen LogP contribution in [0.4, 0.5) is 4.39 Å². The van der Waals surface area contributed by atoms with Crippen LogP contribution < -0.4 is 5.32 Å². The Kier molecular flexibility index (Phi) is 5.74. The lowest BCUT2D eigenvalue weighted by atomic mass is 9.95. The highest BCUT2D eigenvalue weighted by Crippen LogP contribution is 2.35. The van der Waals surface area contributed by atoms with E-state index in [2.05, 4.69) is 5.32 Å². The molecule has 0 aliphatic rings. The van der Waals surface area contributed by atoms with E-state index >= 15 is 0 Å². The highest BCUT2D eigenvalue weighted by Gasteiger charge is 2.26. The molecule has 0 saturated carbocycles. The lowest BCUT2D eigenvalue weighted by Crippen LogP contribution is -2.26. The van der Waals surface area contributed by atoms with E-state index in [-0.39, 0.29) is 18.0 Å². The summed E-state index contributed by atoms with van der Waals surface area (Å²) in [5.74, 6) is -0.307. The van der Waals surface area contributed by atoms with Gasteiger partial charge in [0.15, 0.2) is 0 Å². The topological polar surface area (TPSA) is 21.3 Å². The average molecular weight is 308 g/mol. The molecule has 21 heavy (non-hydrogen) atoms. The van der Waals surface area contributed by atoms with Crippen LogP contribution in [0.2, 0.25) is 5.02 Å². The second kappa shape index (κ2) is 7.55. The number of hydrogen-bond donors (Lipinski definition) is 1. The van der Waals surface area contributed by atoms with Crippen molar-refractivity contribution in [1.82, 2.24) is 5.32 Å². The smallest absolute Gasteiger partial charge is 0.123 e. The van der Waals surface area contributed by atoms with Gasteiger partial charge in [-0.3, -0.25) is 0 Å². The van der Waals surface area contributed by atoms with Gasteiger partial charge < -0.3 is 10.1 Å². The van der Waals surface area contributed by atoms with E-state index in [1.807, 2.05) is 44.3 Å². The molecule has 0 aliphatic carbocycles. The van der Waals surface area contributed by atoms with Crippen LogP contribution in [0, 0.1) is 5.82 Å². The van der Waals surface area contributed by atoms with Crippen molar-refractivity contribution in [2.24, 2.45) is 0 Å². The van der Waals surface area contributed by atoms with Crippen molar-refractivity contribution in [1.29, 1.82) is 0 Å². The lowest BCUT2D eigenvalue weighted by Gasteiger charge is -2.28. The minimum Gasteiger partial charge on any atom is -0.372 e. The van der Waals surface area contributed by atoms with Gasteiger partial charge in [0.05, 0.1) is 6.04 Å². The first-order valence-corrected chi connectivity index (χ1v) is 7.34. The minimum atomic E-state index is -0.307. The number of hydrogen-bond acceptors (Lipinski definition) is 2. The van der Waals surface area contributed by atoms with Crippen molar-refractivity contribution < 1.29 is 9.13 Å². The normalized spacial score (nSPS) is 13.9. The third-order valence-electron chi connectivity index (χ3n) is 3.38. The van der Waals surface area contributed by atoms with Crippen LogP contribution in [0.15, 0.2) is 48.5 Å². The number of nitrogens with one attached hydrogen (secondary N) is 1. The third-order valence-corrected chi connectivity index (χ3v) is 3.73. The maximum atomic E-state index is 13.6. The van der Waals surface area contributed by atoms with Gasteiger partial charge in [-0.25, -0.2) is 4.39 Å². The molecule has 0 fully saturated rings. The minimum absolute atomic E-state index is 0.226. The Morgan fingerprint density at radius 1 is 1.19 bits per heavy atom. The third kappa shape index (κ3) is 3.82. The molecule has 2 aromatic carbocycles. The average Bonchev–Trinajstić information content (AvgIpc) is 2.51. The van der Waals surface area contributed by atoms with E-state index in [4.69, 9.17) is 16.3 Å².